The number of hydrogen-bond donors (Lipinski definition) is 3. The normalized spacial score (nSPS) is 35.0. The number of anilines is 2. The van der Waals surface area contributed by atoms with Crippen molar-refractivity contribution in [2.24, 2.45) is 5.92 Å². The second-order valence-corrected chi connectivity index (χ2v) is 12.3. The van der Waals surface area contributed by atoms with Gasteiger partial charge in [0, 0.05) is 12.1 Å². The molecule has 5 N–H and O–H groups in total. The maximum atomic E-state index is 15.9. The SMILES string of the molecule is Nc1nc2c(ncn2[C@@H]2OC3CPC[C@H]4[C@H](F)[C@H](n5ccc6c(N)ncnc65)O[C@@H]4CO[PH](=O)O[C@@H]2[C@H]3F)c(=O)[nH]1. The molecule has 3 saturated heterocycles. The molecule has 3 aliphatic rings. The summed E-state index contributed by atoms with van der Waals surface area (Å²) in [4.78, 5) is 30.9. The summed E-state index contributed by atoms with van der Waals surface area (Å²) in [6.45, 7) is -0.236. The van der Waals surface area contributed by atoms with E-state index in [1.165, 1.54) is 17.2 Å². The Hall–Kier alpha value is -3.07. The average molecular weight is 611 g/mol. The van der Waals surface area contributed by atoms with Crippen LogP contribution in [0.25, 0.3) is 22.2 Å². The number of aromatic nitrogens is 7. The van der Waals surface area contributed by atoms with Crippen molar-refractivity contribution in [1.82, 2.24) is 34.1 Å². The summed E-state index contributed by atoms with van der Waals surface area (Å²) in [5.41, 5.74) is 11.5. The Morgan fingerprint density at radius 3 is 2.73 bits per heavy atom. The third kappa shape index (κ3) is 4.51. The lowest BCUT2D eigenvalue weighted by atomic mass is 10.0. The minimum Gasteiger partial charge on any atom is -0.383 e. The fraction of sp³-hybridized carbons (Fsp3) is 0.500. The number of fused-ring (bicyclic) bond motifs is 5. The zero-order valence-corrected chi connectivity index (χ0v) is 23.1. The second-order valence-electron chi connectivity index (χ2n) is 9.98. The van der Waals surface area contributed by atoms with Crippen molar-refractivity contribution in [2.75, 3.05) is 30.4 Å². The number of rotatable bonds is 2. The summed E-state index contributed by atoms with van der Waals surface area (Å²) in [5, 5.41) is 0.565. The van der Waals surface area contributed by atoms with E-state index < -0.39 is 62.8 Å². The molecule has 4 aromatic rings. The van der Waals surface area contributed by atoms with E-state index in [0.29, 0.717) is 17.2 Å². The van der Waals surface area contributed by atoms with Crippen LogP contribution in [-0.2, 0) is 23.1 Å². The molecule has 7 heterocycles. The number of alkyl halides is 2. The third-order valence-electron chi connectivity index (χ3n) is 7.60. The summed E-state index contributed by atoms with van der Waals surface area (Å²) in [6.07, 6.45) is -3.61. The molecule has 0 spiro atoms. The summed E-state index contributed by atoms with van der Waals surface area (Å²) in [7, 11) is -3.20. The topological polar surface area (TPSA) is 200 Å². The average Bonchev–Trinajstić information content (AvgIpc) is 3.69. The molecule has 0 aromatic carbocycles. The zero-order valence-electron chi connectivity index (χ0n) is 21.1. The van der Waals surface area contributed by atoms with E-state index in [1.807, 2.05) is 0 Å². The Balaban J connectivity index is 1.14. The van der Waals surface area contributed by atoms with Gasteiger partial charge in [-0.15, -0.1) is 8.58 Å². The Kier molecular flexibility index (Phi) is 6.75. The minimum atomic E-state index is -3.30. The Bertz CT molecular complexity index is 1700. The van der Waals surface area contributed by atoms with Crippen LogP contribution in [0.1, 0.15) is 12.5 Å². The van der Waals surface area contributed by atoms with Crippen LogP contribution in [0.4, 0.5) is 20.5 Å². The van der Waals surface area contributed by atoms with Crippen LogP contribution < -0.4 is 17.0 Å². The Labute approximate surface area is 231 Å². The van der Waals surface area contributed by atoms with Crippen LogP contribution in [0.2, 0.25) is 0 Å². The number of ether oxygens (including phenoxy) is 2. The highest BCUT2D eigenvalue weighted by Gasteiger charge is 2.50. The number of aromatic amines is 1. The molecule has 0 amide bonds. The van der Waals surface area contributed by atoms with E-state index >= 15 is 8.78 Å². The summed E-state index contributed by atoms with van der Waals surface area (Å²) in [6, 6.07) is 1.69. The molecule has 3 fully saturated rings. The first kappa shape index (κ1) is 26.8. The van der Waals surface area contributed by atoms with Gasteiger partial charge in [0.1, 0.15) is 23.9 Å². The number of nitrogens with zero attached hydrogens (tertiary/aromatic N) is 6. The number of halogens is 2. The monoisotopic (exact) mass is 611 g/mol. The summed E-state index contributed by atoms with van der Waals surface area (Å²) in [5.74, 6) is -0.531. The molecule has 218 valence electrons. The lowest BCUT2D eigenvalue weighted by Gasteiger charge is -2.23. The predicted octanol–water partition coefficient (Wildman–Crippen LogP) is 1.30. The van der Waals surface area contributed by atoms with Crippen molar-refractivity contribution >= 4 is 50.8 Å². The van der Waals surface area contributed by atoms with E-state index in [4.69, 9.17) is 30.0 Å². The summed E-state index contributed by atoms with van der Waals surface area (Å²) < 4.78 is 70.6. The molecule has 19 heteroatoms. The van der Waals surface area contributed by atoms with Crippen LogP contribution in [-0.4, -0.2) is 83.6 Å². The minimum absolute atomic E-state index is 0.0257. The molecule has 0 radical (unpaired) electrons. The van der Waals surface area contributed by atoms with Gasteiger partial charge in [-0.25, -0.2) is 23.7 Å². The number of imidazole rings is 1. The summed E-state index contributed by atoms with van der Waals surface area (Å²) >= 11 is 0. The van der Waals surface area contributed by atoms with Gasteiger partial charge in [0.15, 0.2) is 36.0 Å². The fourth-order valence-corrected chi connectivity index (χ4v) is 8.05. The van der Waals surface area contributed by atoms with Gasteiger partial charge in [0.05, 0.1) is 30.5 Å². The molecule has 7 rings (SSSR count). The number of hydrogen-bond acceptors (Lipinski definition) is 12. The molecular formula is C22H25F2N9O6P2. The van der Waals surface area contributed by atoms with Crippen molar-refractivity contribution in [3.8, 4) is 0 Å². The van der Waals surface area contributed by atoms with Gasteiger partial charge in [-0.3, -0.25) is 23.4 Å². The zero-order chi connectivity index (χ0) is 28.4. The highest BCUT2D eigenvalue weighted by atomic mass is 31.1. The largest absolute Gasteiger partial charge is 0.383 e. The maximum Gasteiger partial charge on any atom is 0.319 e. The molecule has 0 saturated carbocycles. The van der Waals surface area contributed by atoms with Crippen molar-refractivity contribution in [3.63, 3.8) is 0 Å². The van der Waals surface area contributed by atoms with Gasteiger partial charge in [0.2, 0.25) is 5.95 Å². The van der Waals surface area contributed by atoms with Gasteiger partial charge in [-0.05, 0) is 18.4 Å². The van der Waals surface area contributed by atoms with E-state index in [-0.39, 0.29) is 44.3 Å². The molecule has 41 heavy (non-hydrogen) atoms. The van der Waals surface area contributed by atoms with Crippen molar-refractivity contribution < 1.29 is 31.9 Å². The molecule has 4 aromatic heterocycles. The molecule has 3 unspecified atom stereocenters. The second kappa shape index (κ2) is 10.3. The van der Waals surface area contributed by atoms with Gasteiger partial charge >= 0.3 is 8.25 Å². The maximum absolute atomic E-state index is 15.9. The van der Waals surface area contributed by atoms with Gasteiger partial charge in [0.25, 0.3) is 5.56 Å². The number of nitrogens with one attached hydrogen (secondary N) is 1. The van der Waals surface area contributed by atoms with Crippen LogP contribution in [0, 0.1) is 5.92 Å². The lowest BCUT2D eigenvalue weighted by Crippen LogP contribution is -2.32. The number of nitrogens with two attached hydrogens (primary N) is 2. The van der Waals surface area contributed by atoms with E-state index in [9.17, 15) is 9.36 Å². The first-order chi connectivity index (χ1) is 19.8. The van der Waals surface area contributed by atoms with Gasteiger partial charge < -0.3 is 30.0 Å². The molecule has 10 atom stereocenters. The number of nitrogen functional groups attached to an aromatic ring is 2. The number of H-pyrrole nitrogens is 1. The first-order valence-corrected chi connectivity index (χ1v) is 15.4. The molecule has 0 aliphatic carbocycles. The van der Waals surface area contributed by atoms with E-state index in [2.05, 4.69) is 24.9 Å². The molecule has 2 bridgehead atoms. The lowest BCUT2D eigenvalue weighted by molar-refractivity contribution is -0.0400. The van der Waals surface area contributed by atoms with E-state index in [0.717, 1.165) is 0 Å². The van der Waals surface area contributed by atoms with Crippen molar-refractivity contribution in [2.45, 2.75) is 43.1 Å². The highest BCUT2D eigenvalue weighted by Crippen LogP contribution is 2.46. The smallest absolute Gasteiger partial charge is 0.319 e. The van der Waals surface area contributed by atoms with Crippen LogP contribution in [0.15, 0.2) is 29.7 Å². The molecule has 3 aliphatic heterocycles. The van der Waals surface area contributed by atoms with E-state index in [1.54, 1.807) is 16.8 Å². The van der Waals surface area contributed by atoms with Crippen molar-refractivity contribution in [3.05, 3.63) is 35.3 Å². The van der Waals surface area contributed by atoms with Gasteiger partial charge in [-0.1, -0.05) is 0 Å². The molecule has 15 nitrogen and oxygen atoms in total. The predicted molar refractivity (Wildman–Crippen MR) is 143 cm³/mol. The fourth-order valence-electron chi connectivity index (χ4n) is 5.62. The third-order valence-corrected chi connectivity index (χ3v) is 9.92. The quantitative estimate of drug-likeness (QED) is 0.275. The first-order valence-electron chi connectivity index (χ1n) is 12.7. The Morgan fingerprint density at radius 1 is 1.05 bits per heavy atom. The standard InChI is InChI=1S/C22H25F2N9O6P2/c23-12-9-4-40-5-11-13(24)15(21(38-11)33-7-29-14-18(33)30-22(26)31-19(14)34)39-41(35)36-3-10(9)37-20(12)32-2-1-8-16(25)27-6-28-17(8)32/h1-2,6-7,9-13,15,20-21,40-41H,3-5H2,(H2,25,27,28)(H3,26,30,31,34)/t9-,10-,11?,12+,13+,15-,20-,21-/m1/s1. The van der Waals surface area contributed by atoms with Crippen molar-refractivity contribution in [1.29, 1.82) is 0 Å². The highest BCUT2D eigenvalue weighted by molar-refractivity contribution is 7.38. The van der Waals surface area contributed by atoms with Crippen LogP contribution in [0.5, 0.6) is 0 Å². The molecular weight excluding hydrogens is 586 g/mol. The van der Waals surface area contributed by atoms with Crippen LogP contribution in [0.3, 0.4) is 0 Å². The Morgan fingerprint density at radius 2 is 1.88 bits per heavy atom. The van der Waals surface area contributed by atoms with Gasteiger partial charge in [-0.2, -0.15) is 4.98 Å². The van der Waals surface area contributed by atoms with Crippen LogP contribution >= 0.6 is 16.8 Å².